The first-order valence-corrected chi connectivity index (χ1v) is 5.32. The highest BCUT2D eigenvalue weighted by atomic mass is 19.3. The van der Waals surface area contributed by atoms with E-state index in [2.05, 4.69) is 0 Å². The van der Waals surface area contributed by atoms with Crippen LogP contribution in [0.1, 0.15) is 12.0 Å². The lowest BCUT2D eigenvalue weighted by Crippen LogP contribution is -2.32. The third-order valence-electron chi connectivity index (χ3n) is 2.75. The molecule has 0 bridgehead atoms. The van der Waals surface area contributed by atoms with E-state index in [9.17, 15) is 13.6 Å². The summed E-state index contributed by atoms with van der Waals surface area (Å²) in [5.41, 5.74) is 0.830. The van der Waals surface area contributed by atoms with Gasteiger partial charge in [0.2, 0.25) is 0 Å². The summed E-state index contributed by atoms with van der Waals surface area (Å²) in [5.74, 6) is -2.75. The van der Waals surface area contributed by atoms with E-state index < -0.39 is 18.1 Å². The van der Waals surface area contributed by atoms with Crippen LogP contribution in [0.5, 0.6) is 0 Å². The predicted octanol–water partition coefficient (Wildman–Crippen LogP) is 2.66. The average Bonchev–Trinajstić information content (AvgIpc) is 2.96. The van der Waals surface area contributed by atoms with Crippen LogP contribution in [0.3, 0.4) is 0 Å². The molecule has 1 saturated carbocycles. The first-order chi connectivity index (χ1) is 8.00. The molecule has 92 valence electrons. The molecule has 0 saturated heterocycles. The lowest BCUT2D eigenvalue weighted by atomic mass is 10.2. The van der Waals surface area contributed by atoms with Crippen molar-refractivity contribution in [3.8, 4) is 0 Å². The zero-order chi connectivity index (χ0) is 12.5. The van der Waals surface area contributed by atoms with Crippen LogP contribution in [0.4, 0.5) is 13.6 Å². The fourth-order valence-electron chi connectivity index (χ4n) is 1.57. The summed E-state index contributed by atoms with van der Waals surface area (Å²) in [6.07, 6.45) is -0.986. The van der Waals surface area contributed by atoms with E-state index in [1.54, 1.807) is 12.1 Å². The Morgan fingerprint density at radius 3 is 2.59 bits per heavy atom. The minimum Gasteiger partial charge on any atom is -0.445 e. The van der Waals surface area contributed by atoms with Gasteiger partial charge in [-0.25, -0.2) is 13.6 Å². The first-order valence-electron chi connectivity index (χ1n) is 5.32. The number of alkyl halides is 2. The standard InChI is InChI=1S/C12H13F2NO2/c1-15(10-7-12(10,13)14)11(16)17-8-9-5-3-2-4-6-9/h2-6,10H,7-8H2,1H3/t10-/m0/s1. The largest absolute Gasteiger partial charge is 0.445 e. The first kappa shape index (κ1) is 11.8. The van der Waals surface area contributed by atoms with Gasteiger partial charge in [0, 0.05) is 13.5 Å². The van der Waals surface area contributed by atoms with Crippen LogP contribution in [0, 0.1) is 0 Å². The van der Waals surface area contributed by atoms with E-state index >= 15 is 0 Å². The van der Waals surface area contributed by atoms with Crippen LogP contribution >= 0.6 is 0 Å². The molecule has 5 heteroatoms. The third kappa shape index (κ3) is 2.72. The Labute approximate surface area is 98.0 Å². The maximum absolute atomic E-state index is 12.7. The third-order valence-corrected chi connectivity index (χ3v) is 2.75. The molecule has 0 unspecified atom stereocenters. The normalized spacial score (nSPS) is 20.8. The second-order valence-corrected chi connectivity index (χ2v) is 4.13. The molecule has 1 atom stereocenters. The molecule has 2 rings (SSSR count). The van der Waals surface area contributed by atoms with E-state index in [4.69, 9.17) is 4.74 Å². The highest BCUT2D eigenvalue weighted by Gasteiger charge is 2.60. The number of hydrogen-bond acceptors (Lipinski definition) is 2. The van der Waals surface area contributed by atoms with Gasteiger partial charge in [0.15, 0.2) is 0 Å². The van der Waals surface area contributed by atoms with Gasteiger partial charge in [0.05, 0.1) is 0 Å². The molecule has 1 aromatic rings. The second kappa shape index (κ2) is 4.31. The maximum Gasteiger partial charge on any atom is 0.410 e. The molecule has 1 fully saturated rings. The minimum atomic E-state index is -2.75. The molecule has 1 amide bonds. The van der Waals surface area contributed by atoms with E-state index in [1.807, 2.05) is 18.2 Å². The zero-order valence-corrected chi connectivity index (χ0v) is 9.40. The summed E-state index contributed by atoms with van der Waals surface area (Å²) in [7, 11) is 1.33. The molecule has 0 spiro atoms. The van der Waals surface area contributed by atoms with Crippen LogP contribution in [-0.2, 0) is 11.3 Å². The lowest BCUT2D eigenvalue weighted by Gasteiger charge is -2.16. The molecule has 1 aliphatic carbocycles. The number of carbonyl (C=O) groups excluding carboxylic acids is 1. The molecule has 0 N–H and O–H groups in total. The molecule has 3 nitrogen and oxygen atoms in total. The van der Waals surface area contributed by atoms with Gasteiger partial charge >= 0.3 is 6.09 Å². The second-order valence-electron chi connectivity index (χ2n) is 4.13. The van der Waals surface area contributed by atoms with Gasteiger partial charge in [-0.3, -0.25) is 0 Å². The number of nitrogens with zero attached hydrogens (tertiary/aromatic N) is 1. The summed E-state index contributed by atoms with van der Waals surface area (Å²) < 4.78 is 30.4. The lowest BCUT2D eigenvalue weighted by molar-refractivity contribution is 0.0605. The van der Waals surface area contributed by atoms with Crippen LogP contribution < -0.4 is 0 Å². The molecule has 0 radical (unpaired) electrons. The van der Waals surface area contributed by atoms with Crippen LogP contribution in [-0.4, -0.2) is 30.0 Å². The van der Waals surface area contributed by atoms with Gasteiger partial charge in [-0.1, -0.05) is 30.3 Å². The number of ether oxygens (including phenoxy) is 1. The fourth-order valence-corrected chi connectivity index (χ4v) is 1.57. The Hall–Kier alpha value is -1.65. The van der Waals surface area contributed by atoms with Crippen molar-refractivity contribution in [2.24, 2.45) is 0 Å². The Morgan fingerprint density at radius 2 is 2.06 bits per heavy atom. The zero-order valence-electron chi connectivity index (χ0n) is 9.40. The number of amides is 1. The molecule has 1 aliphatic rings. The highest BCUT2D eigenvalue weighted by Crippen LogP contribution is 2.45. The monoisotopic (exact) mass is 241 g/mol. The van der Waals surface area contributed by atoms with Crippen molar-refractivity contribution in [3.05, 3.63) is 35.9 Å². The van der Waals surface area contributed by atoms with Gasteiger partial charge in [-0.15, -0.1) is 0 Å². The summed E-state index contributed by atoms with van der Waals surface area (Å²) in [5, 5.41) is 0. The molecular formula is C12H13F2NO2. The van der Waals surface area contributed by atoms with Gasteiger partial charge in [0.1, 0.15) is 12.6 Å². The molecular weight excluding hydrogens is 228 g/mol. The molecule has 0 aromatic heterocycles. The van der Waals surface area contributed by atoms with Crippen molar-refractivity contribution in [1.82, 2.24) is 4.90 Å². The summed E-state index contributed by atoms with van der Waals surface area (Å²) in [4.78, 5) is 12.4. The molecule has 1 aromatic carbocycles. The van der Waals surface area contributed by atoms with E-state index in [1.165, 1.54) is 7.05 Å². The Morgan fingerprint density at radius 1 is 1.47 bits per heavy atom. The van der Waals surface area contributed by atoms with Crippen LogP contribution in [0.25, 0.3) is 0 Å². The number of benzene rings is 1. The minimum absolute atomic E-state index is 0.0995. The van der Waals surface area contributed by atoms with Crippen molar-refractivity contribution < 1.29 is 18.3 Å². The Bertz CT molecular complexity index is 408. The van der Waals surface area contributed by atoms with Crippen molar-refractivity contribution >= 4 is 6.09 Å². The molecule has 17 heavy (non-hydrogen) atoms. The van der Waals surface area contributed by atoms with Crippen molar-refractivity contribution in [3.63, 3.8) is 0 Å². The fraction of sp³-hybridized carbons (Fsp3) is 0.417. The predicted molar refractivity (Wildman–Crippen MR) is 57.7 cm³/mol. The van der Waals surface area contributed by atoms with E-state index in [0.29, 0.717) is 0 Å². The Balaban J connectivity index is 1.82. The Kier molecular flexibility index (Phi) is 3.00. The molecule has 0 aliphatic heterocycles. The number of halogens is 2. The topological polar surface area (TPSA) is 29.5 Å². The van der Waals surface area contributed by atoms with Crippen molar-refractivity contribution in [1.29, 1.82) is 0 Å². The number of carbonyl (C=O) groups is 1. The average molecular weight is 241 g/mol. The van der Waals surface area contributed by atoms with Gasteiger partial charge < -0.3 is 9.64 Å². The van der Waals surface area contributed by atoms with Gasteiger partial charge in [-0.05, 0) is 5.56 Å². The summed E-state index contributed by atoms with van der Waals surface area (Å²) >= 11 is 0. The van der Waals surface area contributed by atoms with E-state index in [0.717, 1.165) is 10.5 Å². The SMILES string of the molecule is CN(C(=O)OCc1ccccc1)[C@H]1CC1(F)F. The number of hydrogen-bond donors (Lipinski definition) is 0. The summed E-state index contributed by atoms with van der Waals surface area (Å²) in [6.45, 7) is 0.0995. The van der Waals surface area contributed by atoms with Gasteiger partial charge in [0.25, 0.3) is 5.92 Å². The highest BCUT2D eigenvalue weighted by molar-refractivity contribution is 5.68. The maximum atomic E-state index is 12.7. The van der Waals surface area contributed by atoms with Crippen molar-refractivity contribution in [2.75, 3.05) is 7.05 Å². The van der Waals surface area contributed by atoms with E-state index in [-0.39, 0.29) is 13.0 Å². The smallest absolute Gasteiger partial charge is 0.410 e. The van der Waals surface area contributed by atoms with Crippen LogP contribution in [0.15, 0.2) is 30.3 Å². The number of rotatable bonds is 3. The summed E-state index contributed by atoms with van der Waals surface area (Å²) in [6, 6.07) is 8.09. The quantitative estimate of drug-likeness (QED) is 0.814. The van der Waals surface area contributed by atoms with Gasteiger partial charge in [-0.2, -0.15) is 0 Å². The van der Waals surface area contributed by atoms with Crippen molar-refractivity contribution in [2.45, 2.75) is 25.0 Å². The molecule has 0 heterocycles. The van der Waals surface area contributed by atoms with Crippen LogP contribution in [0.2, 0.25) is 0 Å².